The standard InChI is InChI=1S/C14H17N3O3S/c1-9(13(18)17-14-15-6-7-21-14)16-11-8-10(19-2)4-5-12(11)20-3/h4-9,16H,1-3H3,(H,15,17,18)/t9-/m1/s1. The SMILES string of the molecule is COc1ccc(OC)c(N[C@H](C)C(=O)Nc2nccs2)c1. The maximum Gasteiger partial charge on any atom is 0.248 e. The number of carbonyl (C=O) groups is 1. The van der Waals surface area contributed by atoms with Gasteiger partial charge in [-0.1, -0.05) is 0 Å². The van der Waals surface area contributed by atoms with Crippen molar-refractivity contribution in [3.8, 4) is 11.5 Å². The highest BCUT2D eigenvalue weighted by Gasteiger charge is 2.16. The molecule has 6 nitrogen and oxygen atoms in total. The summed E-state index contributed by atoms with van der Waals surface area (Å²) in [5, 5.41) is 8.23. The third-order valence-corrected chi connectivity index (χ3v) is 3.52. The molecule has 1 amide bonds. The molecule has 0 fully saturated rings. The Bertz CT molecular complexity index is 602. The molecule has 1 aromatic carbocycles. The summed E-state index contributed by atoms with van der Waals surface area (Å²) in [5.74, 6) is 1.16. The second-order valence-electron chi connectivity index (χ2n) is 4.26. The van der Waals surface area contributed by atoms with Gasteiger partial charge in [0.05, 0.1) is 19.9 Å². The minimum atomic E-state index is -0.449. The van der Waals surface area contributed by atoms with Gasteiger partial charge in [-0.2, -0.15) is 0 Å². The molecule has 0 aliphatic heterocycles. The number of rotatable bonds is 6. The second-order valence-corrected chi connectivity index (χ2v) is 5.15. The van der Waals surface area contributed by atoms with Gasteiger partial charge in [-0.25, -0.2) is 4.98 Å². The molecule has 7 heteroatoms. The quantitative estimate of drug-likeness (QED) is 0.858. The number of amides is 1. The lowest BCUT2D eigenvalue weighted by Crippen LogP contribution is -2.31. The van der Waals surface area contributed by atoms with Crippen LogP contribution in [0.25, 0.3) is 0 Å². The zero-order valence-corrected chi connectivity index (χ0v) is 12.9. The molecule has 1 heterocycles. The lowest BCUT2D eigenvalue weighted by molar-refractivity contribution is -0.116. The molecule has 0 radical (unpaired) electrons. The van der Waals surface area contributed by atoms with Crippen molar-refractivity contribution in [3.05, 3.63) is 29.8 Å². The molecule has 0 spiro atoms. The number of ether oxygens (including phenoxy) is 2. The summed E-state index contributed by atoms with van der Waals surface area (Å²) in [6, 6.07) is 4.91. The molecular weight excluding hydrogens is 290 g/mol. The fourth-order valence-corrected chi connectivity index (χ4v) is 2.26. The molecule has 0 aliphatic rings. The van der Waals surface area contributed by atoms with E-state index in [4.69, 9.17) is 9.47 Å². The average Bonchev–Trinajstić information content (AvgIpc) is 2.99. The van der Waals surface area contributed by atoms with Crippen LogP contribution < -0.4 is 20.1 Å². The van der Waals surface area contributed by atoms with Gasteiger partial charge in [0, 0.05) is 17.6 Å². The number of hydrogen-bond donors (Lipinski definition) is 2. The number of hydrogen-bond acceptors (Lipinski definition) is 6. The van der Waals surface area contributed by atoms with Crippen LogP contribution in [0.15, 0.2) is 29.8 Å². The first-order valence-electron chi connectivity index (χ1n) is 6.33. The molecule has 0 bridgehead atoms. The Kier molecular flexibility index (Phi) is 4.99. The number of benzene rings is 1. The lowest BCUT2D eigenvalue weighted by atomic mass is 10.2. The van der Waals surface area contributed by atoms with E-state index in [1.807, 2.05) is 0 Å². The van der Waals surface area contributed by atoms with Crippen molar-refractivity contribution in [2.24, 2.45) is 0 Å². The molecule has 1 atom stereocenters. The van der Waals surface area contributed by atoms with Gasteiger partial charge >= 0.3 is 0 Å². The number of anilines is 2. The Labute approximate surface area is 127 Å². The monoisotopic (exact) mass is 307 g/mol. The van der Waals surface area contributed by atoms with Crippen LogP contribution in [0.1, 0.15) is 6.92 Å². The van der Waals surface area contributed by atoms with E-state index in [2.05, 4.69) is 15.6 Å². The summed E-state index contributed by atoms with van der Waals surface area (Å²) in [6.07, 6.45) is 1.64. The molecular formula is C14H17N3O3S. The van der Waals surface area contributed by atoms with Crippen molar-refractivity contribution < 1.29 is 14.3 Å². The Morgan fingerprint density at radius 3 is 2.76 bits per heavy atom. The van der Waals surface area contributed by atoms with Crippen molar-refractivity contribution in [3.63, 3.8) is 0 Å². The van der Waals surface area contributed by atoms with Crippen LogP contribution in [0.5, 0.6) is 11.5 Å². The van der Waals surface area contributed by atoms with Gasteiger partial charge in [-0.15, -0.1) is 11.3 Å². The molecule has 0 saturated carbocycles. The lowest BCUT2D eigenvalue weighted by Gasteiger charge is -2.17. The van der Waals surface area contributed by atoms with Crippen molar-refractivity contribution in [2.75, 3.05) is 24.9 Å². The maximum absolute atomic E-state index is 12.1. The van der Waals surface area contributed by atoms with E-state index in [0.717, 1.165) is 0 Å². The van der Waals surface area contributed by atoms with Crippen LogP contribution in [-0.4, -0.2) is 31.2 Å². The van der Waals surface area contributed by atoms with Crippen LogP contribution >= 0.6 is 11.3 Å². The van der Waals surface area contributed by atoms with E-state index in [0.29, 0.717) is 22.3 Å². The Hall–Kier alpha value is -2.28. The van der Waals surface area contributed by atoms with E-state index in [1.54, 1.807) is 50.9 Å². The van der Waals surface area contributed by atoms with Crippen molar-refractivity contribution in [1.29, 1.82) is 0 Å². The van der Waals surface area contributed by atoms with E-state index in [9.17, 15) is 4.79 Å². The fraction of sp³-hybridized carbons (Fsp3) is 0.286. The second kappa shape index (κ2) is 6.94. The number of nitrogens with one attached hydrogen (secondary N) is 2. The first-order valence-corrected chi connectivity index (χ1v) is 7.21. The topological polar surface area (TPSA) is 72.5 Å². The summed E-state index contributed by atoms with van der Waals surface area (Å²) >= 11 is 1.37. The Morgan fingerprint density at radius 2 is 2.14 bits per heavy atom. The zero-order valence-electron chi connectivity index (χ0n) is 12.0. The first kappa shape index (κ1) is 15.1. The normalized spacial score (nSPS) is 11.6. The predicted octanol–water partition coefficient (Wildman–Crippen LogP) is 2.60. The van der Waals surface area contributed by atoms with Crippen LogP contribution in [-0.2, 0) is 4.79 Å². The highest BCUT2D eigenvalue weighted by Crippen LogP contribution is 2.29. The van der Waals surface area contributed by atoms with Crippen LogP contribution in [0.4, 0.5) is 10.8 Å². The molecule has 0 saturated heterocycles. The van der Waals surface area contributed by atoms with Gasteiger partial charge in [0.15, 0.2) is 5.13 Å². The van der Waals surface area contributed by atoms with Crippen LogP contribution in [0.3, 0.4) is 0 Å². The third kappa shape index (κ3) is 3.85. The van der Waals surface area contributed by atoms with Crippen LogP contribution in [0, 0.1) is 0 Å². The molecule has 0 aliphatic carbocycles. The van der Waals surface area contributed by atoms with Crippen LogP contribution in [0.2, 0.25) is 0 Å². The highest BCUT2D eigenvalue weighted by molar-refractivity contribution is 7.13. The minimum absolute atomic E-state index is 0.171. The minimum Gasteiger partial charge on any atom is -0.497 e. The molecule has 112 valence electrons. The summed E-state index contributed by atoms with van der Waals surface area (Å²) in [6.45, 7) is 1.77. The third-order valence-electron chi connectivity index (χ3n) is 2.83. The van der Waals surface area contributed by atoms with Gasteiger partial charge < -0.3 is 20.1 Å². The number of aromatic nitrogens is 1. The van der Waals surface area contributed by atoms with Gasteiger partial charge in [-0.3, -0.25) is 4.79 Å². The largest absolute Gasteiger partial charge is 0.497 e. The van der Waals surface area contributed by atoms with E-state index in [1.165, 1.54) is 11.3 Å². The average molecular weight is 307 g/mol. The fourth-order valence-electron chi connectivity index (χ4n) is 1.72. The van der Waals surface area contributed by atoms with Crippen molar-refractivity contribution in [2.45, 2.75) is 13.0 Å². The van der Waals surface area contributed by atoms with E-state index < -0.39 is 6.04 Å². The maximum atomic E-state index is 12.1. The van der Waals surface area contributed by atoms with Gasteiger partial charge in [0.25, 0.3) is 0 Å². The number of methoxy groups -OCH3 is 2. The molecule has 2 rings (SSSR count). The van der Waals surface area contributed by atoms with Crippen molar-refractivity contribution >= 4 is 28.1 Å². The molecule has 0 unspecified atom stereocenters. The summed E-state index contributed by atoms with van der Waals surface area (Å²) < 4.78 is 10.4. The van der Waals surface area contributed by atoms with Crippen molar-refractivity contribution in [1.82, 2.24) is 4.98 Å². The predicted molar refractivity (Wildman–Crippen MR) is 83.4 cm³/mol. The first-order chi connectivity index (χ1) is 10.1. The summed E-state index contributed by atoms with van der Waals surface area (Å²) in [7, 11) is 3.16. The molecule has 2 aromatic rings. The van der Waals surface area contributed by atoms with E-state index in [-0.39, 0.29) is 5.91 Å². The molecule has 2 N–H and O–H groups in total. The van der Waals surface area contributed by atoms with Gasteiger partial charge in [-0.05, 0) is 19.1 Å². The number of carbonyl (C=O) groups excluding carboxylic acids is 1. The Morgan fingerprint density at radius 1 is 1.33 bits per heavy atom. The zero-order chi connectivity index (χ0) is 15.2. The van der Waals surface area contributed by atoms with E-state index >= 15 is 0 Å². The Balaban J connectivity index is 2.07. The highest BCUT2D eigenvalue weighted by atomic mass is 32.1. The van der Waals surface area contributed by atoms with Gasteiger partial charge in [0.2, 0.25) is 5.91 Å². The summed E-state index contributed by atoms with van der Waals surface area (Å²) in [5.41, 5.74) is 0.693. The number of thiazole rings is 1. The molecule has 21 heavy (non-hydrogen) atoms. The van der Waals surface area contributed by atoms with Gasteiger partial charge in [0.1, 0.15) is 17.5 Å². The summed E-state index contributed by atoms with van der Waals surface area (Å²) in [4.78, 5) is 16.1. The number of nitrogens with zero attached hydrogens (tertiary/aromatic N) is 1. The smallest absolute Gasteiger partial charge is 0.248 e. The molecule has 1 aromatic heterocycles.